The topological polar surface area (TPSA) is 428 Å². The number of hydrogen-bond acceptors (Lipinski definition) is 27. The molecule has 114 heavy (non-hydrogen) atoms. The molecule has 0 fully saturated rings. The number of Topliss-reactive ketones (excluding diaryl/α,β-unsaturated/α-hetero) is 1. The van der Waals surface area contributed by atoms with Crippen LogP contribution in [-0.4, -0.2) is 228 Å². The van der Waals surface area contributed by atoms with Gasteiger partial charge in [-0.1, -0.05) is 58.1 Å². The zero-order valence-corrected chi connectivity index (χ0v) is 69.7. The molecular weight excluding hydrogens is 1640 g/mol. The van der Waals surface area contributed by atoms with Crippen molar-refractivity contribution in [1.82, 2.24) is 35.6 Å². The van der Waals surface area contributed by atoms with Gasteiger partial charge in [0.05, 0.1) is 136 Å². The average Bonchev–Trinajstić information content (AvgIpc) is 1.58. The summed E-state index contributed by atoms with van der Waals surface area (Å²) in [5, 5.41) is 54.2. The maximum Gasteiger partial charge on any atom is 0.405 e. The van der Waals surface area contributed by atoms with Gasteiger partial charge in [0.25, 0.3) is 5.91 Å². The number of allylic oxidation sites excluding steroid dienone is 8. The summed E-state index contributed by atoms with van der Waals surface area (Å²) in [5.41, 5.74) is 19.2. The number of nitrogens with one attached hydrogen (secondary N) is 3. The van der Waals surface area contributed by atoms with Crippen LogP contribution in [0.2, 0.25) is 0 Å². The Bertz CT molecular complexity index is 3940. The molecule has 6 atom stereocenters. The number of nitrogens with zero attached hydrogens (tertiary/aromatic N) is 4. The van der Waals surface area contributed by atoms with Crippen LogP contribution < -0.4 is 36.1 Å². The van der Waals surface area contributed by atoms with Crippen molar-refractivity contribution in [1.29, 1.82) is 0 Å². The first-order valence-corrected chi connectivity index (χ1v) is 37.7. The number of carboxylic acid groups (broad SMARTS) is 2. The third kappa shape index (κ3) is 33.2. The SMILES string of the molecule is C=CCNC1=C2C[C@@H](C)C[C@H](OC)[C@H](O)[C@@H](C)/C=C(\C)[C@H](OC(N)=O)[C@@H](OC)/C=C\C=C(/C)C(=O)NC(=CC1=O)C2=O.CC(=O)[O-].CC(=O)[O-].CCc1c(CC)c2cc3nc(cnc4cc(OCCOCCOCCOC)c(OCCOCCOCCOC)cc4ncc4nc(cc1[nH]2)C(CCCO)=C4C)C(C)=C3CCCO.[Lu]. The molecule has 1 aliphatic carbocycles. The van der Waals surface area contributed by atoms with E-state index in [2.05, 4.69) is 62.0 Å². The van der Waals surface area contributed by atoms with E-state index in [0.29, 0.717) is 126 Å². The number of benzene rings is 1. The first-order chi connectivity index (χ1) is 54.2. The summed E-state index contributed by atoms with van der Waals surface area (Å²) in [6.07, 6.45) is 13.1. The van der Waals surface area contributed by atoms with Gasteiger partial charge < -0.3 is 109 Å². The second-order valence-corrected chi connectivity index (χ2v) is 26.6. The molecule has 31 heteroatoms. The van der Waals surface area contributed by atoms with Gasteiger partial charge in [-0.3, -0.25) is 24.4 Å². The third-order valence-electron chi connectivity index (χ3n) is 18.0. The number of nitrogens with two attached hydrogens (primary N) is 1. The van der Waals surface area contributed by atoms with E-state index >= 15 is 0 Å². The number of carbonyl (C=O) groups excluding carboxylic acids is 6. The van der Waals surface area contributed by atoms with Gasteiger partial charge in [-0.25, -0.2) is 14.8 Å². The Balaban J connectivity index is 0.000000570. The maximum absolute atomic E-state index is 13.5. The van der Waals surface area contributed by atoms with Crippen molar-refractivity contribution < 1.29 is 143 Å². The Morgan fingerprint density at radius 1 is 0.693 bits per heavy atom. The van der Waals surface area contributed by atoms with Crippen LogP contribution in [0.4, 0.5) is 4.79 Å². The number of aryl methyl sites for hydroxylation is 2. The van der Waals surface area contributed by atoms with Crippen LogP contribution in [0, 0.1) is 48.7 Å². The first-order valence-electron chi connectivity index (χ1n) is 37.7. The van der Waals surface area contributed by atoms with E-state index in [1.807, 2.05) is 19.1 Å². The minimum atomic E-state index is -1.08. The molecule has 2 aromatic heterocycles. The van der Waals surface area contributed by atoms with Gasteiger partial charge in [-0.15, -0.1) is 6.58 Å². The summed E-state index contributed by atoms with van der Waals surface area (Å²) in [4.78, 5) is 93.1. The van der Waals surface area contributed by atoms with Gasteiger partial charge in [0, 0.05) is 143 Å². The standard InChI is InChI=1S/C48H67N5O10.C31H43N3O8.2C2H4O2.Lu/c1-7-35-36(8-2)40-28-42-38(12-10-14-55)34(4)46(53-42)32-50-44-30-48(63-26-24-61-22-20-59-18-16-57-6)47(62-25-23-60-21-19-58-17-15-56-5)29-43(44)49-31-45-33(3)37(11-9-13-54)41(52-45)27-39(35)51-40;1-8-12-33-26-21-13-17(2)14-25(41-7)27(36)19(4)15-20(5)29(42-31(32)39)24(40-6)11-9-10-18(3)30(38)34-22(28(21)37)16-23(26)35;2*1-2(3)4;/h27-32,51,54-55H,7-26H2,1-6H3;8-11,15-17,19,24-25,27,29,33,36H,1,12-14H2,2-7H3,(H2,32,39)(H,34,38);2*1H3,(H,3,4);/p-2/b;11-9-,18-10+,20-15+;;;/t;17-,19+,24+,25+,27-,29+;;;/m.1.../s1. The predicted octanol–water partition coefficient (Wildman–Crippen LogP) is 7.04. The molecule has 4 aliphatic rings. The van der Waals surface area contributed by atoms with Gasteiger partial charge in [-0.2, -0.15) is 0 Å². The second kappa shape index (κ2) is 54.6. The molecule has 3 aromatic rings. The largest absolute Gasteiger partial charge is 0.550 e. The number of carbonyl (C=O) groups is 6. The molecule has 2 amide bonds. The zero-order valence-electron chi connectivity index (χ0n) is 68.1. The summed E-state index contributed by atoms with van der Waals surface area (Å²) < 4.78 is 61.8. The van der Waals surface area contributed by atoms with Crippen molar-refractivity contribution in [2.24, 2.45) is 17.6 Å². The number of primary amides is 1. The maximum atomic E-state index is 13.5. The van der Waals surface area contributed by atoms with Crippen molar-refractivity contribution in [2.75, 3.05) is 127 Å². The van der Waals surface area contributed by atoms with Crippen molar-refractivity contribution >= 4 is 79.9 Å². The van der Waals surface area contributed by atoms with Crippen LogP contribution in [0.25, 0.3) is 44.4 Å². The molecule has 0 saturated carbocycles. The Hall–Kier alpha value is -8.21. The van der Waals surface area contributed by atoms with Crippen molar-refractivity contribution in [3.05, 3.63) is 142 Å². The van der Waals surface area contributed by atoms with Gasteiger partial charge in [-0.05, 0) is 150 Å². The number of ether oxygens (including phenoxy) is 11. The number of aliphatic hydroxyl groups excluding tert-OH is 3. The second-order valence-electron chi connectivity index (χ2n) is 26.6. The van der Waals surface area contributed by atoms with E-state index in [4.69, 9.17) is 97.6 Å². The number of amides is 2. The molecule has 0 spiro atoms. The average molecular weight is 1750 g/mol. The van der Waals surface area contributed by atoms with E-state index in [1.54, 1.807) is 71.7 Å². The summed E-state index contributed by atoms with van der Waals surface area (Å²) >= 11 is 0. The molecule has 30 nitrogen and oxygen atoms in total. The van der Waals surface area contributed by atoms with Gasteiger partial charge in [0.15, 0.2) is 17.6 Å². The number of methoxy groups -OCH3 is 4. The minimum absolute atomic E-state index is 0. The molecule has 0 unspecified atom stereocenters. The molecule has 8 bridgehead atoms. The van der Waals surface area contributed by atoms with E-state index in [-0.39, 0.29) is 105 Å². The minimum Gasteiger partial charge on any atom is -0.550 e. The predicted molar refractivity (Wildman–Crippen MR) is 425 cm³/mol. The number of rotatable bonds is 34. The smallest absolute Gasteiger partial charge is 0.405 e. The van der Waals surface area contributed by atoms with Crippen LogP contribution >= 0.6 is 0 Å². The van der Waals surface area contributed by atoms with Crippen LogP contribution in [0.15, 0.2) is 108 Å². The first kappa shape index (κ1) is 100.0. The molecule has 1 radical (unpaired) electrons. The van der Waals surface area contributed by atoms with Gasteiger partial charge >= 0.3 is 6.09 Å². The molecule has 3 aliphatic heterocycles. The molecule has 5 heterocycles. The van der Waals surface area contributed by atoms with Crippen LogP contribution in [0.5, 0.6) is 11.5 Å². The number of aliphatic hydroxyl groups is 3. The Morgan fingerprint density at radius 2 is 1.16 bits per heavy atom. The van der Waals surface area contributed by atoms with E-state index in [9.17, 15) is 34.5 Å². The Kier molecular flexibility index (Phi) is 47.9. The molecule has 1 aromatic carbocycles. The Labute approximate surface area is 697 Å². The third-order valence-corrected chi connectivity index (χ3v) is 18.0. The molecule has 7 rings (SSSR count). The fourth-order valence-corrected chi connectivity index (χ4v) is 12.4. The fraction of sp³-hybridized carbons (Fsp3) is 0.518. The van der Waals surface area contributed by atoms with Crippen LogP contribution in [0.1, 0.15) is 142 Å². The van der Waals surface area contributed by atoms with Gasteiger partial charge in [0.2, 0.25) is 11.6 Å². The number of carboxylic acids is 2. The molecule has 0 saturated heterocycles. The van der Waals surface area contributed by atoms with Gasteiger partial charge in [0.1, 0.15) is 19.3 Å². The van der Waals surface area contributed by atoms with Crippen LogP contribution in [-0.2, 0) is 79.4 Å². The number of fused-ring (bicyclic) bond motifs is 9. The fourth-order valence-electron chi connectivity index (χ4n) is 12.4. The number of aliphatic carboxylic acids is 2. The number of aromatic nitrogens is 5. The van der Waals surface area contributed by atoms with Crippen LogP contribution in [0.3, 0.4) is 0 Å². The zero-order chi connectivity index (χ0) is 83.5. The monoisotopic (exact) mass is 1750 g/mol. The van der Waals surface area contributed by atoms with Crippen molar-refractivity contribution in [2.45, 2.75) is 145 Å². The summed E-state index contributed by atoms with van der Waals surface area (Å²) in [5.74, 6) is -3.38. The summed E-state index contributed by atoms with van der Waals surface area (Å²) in [6, 6.07) is 7.90. The quantitative estimate of drug-likeness (QED) is 0.0179. The van der Waals surface area contributed by atoms with Crippen molar-refractivity contribution in [3.63, 3.8) is 0 Å². The van der Waals surface area contributed by atoms with E-state index in [0.717, 1.165) is 88.9 Å². The summed E-state index contributed by atoms with van der Waals surface area (Å²) in [7, 11) is 6.19. The van der Waals surface area contributed by atoms with E-state index in [1.165, 1.54) is 31.4 Å². The normalized spacial score (nSPS) is 19.1. The summed E-state index contributed by atoms with van der Waals surface area (Å²) in [6.45, 7) is 26.4. The molecule has 8 N–H and O–H groups in total. The number of H-pyrrole nitrogens is 1. The Morgan fingerprint density at radius 3 is 1.58 bits per heavy atom. The van der Waals surface area contributed by atoms with Crippen molar-refractivity contribution in [3.8, 4) is 11.5 Å². The number of aromatic amines is 1. The molecular formula is C83H116LuN8O22-2. The van der Waals surface area contributed by atoms with E-state index < -0.39 is 65.8 Å². The number of ketones is 2. The number of hydrogen-bond donors (Lipinski definition) is 7. The molecule has 637 valence electrons.